The molecule has 0 unspecified atom stereocenters. The zero-order chi connectivity index (χ0) is 17.8. The first kappa shape index (κ1) is 17.0. The second-order valence-corrected chi connectivity index (χ2v) is 6.42. The standard InChI is InChI=1S/C21H23N3O/c1-4-21(25)22-13-20-23-18-7-5-6-8-19(18)24(20)14-16-9-11-17(12-10-16)15(2)3/h4-12,15H,1,13-14H2,2-3H3,(H,22,25). The van der Waals surface area contributed by atoms with Crippen LogP contribution in [-0.4, -0.2) is 15.5 Å². The minimum atomic E-state index is -0.195. The van der Waals surface area contributed by atoms with E-state index in [1.54, 1.807) is 0 Å². The Balaban J connectivity index is 1.92. The molecule has 0 saturated heterocycles. The minimum Gasteiger partial charge on any atom is -0.345 e. The number of fused-ring (bicyclic) bond motifs is 1. The molecule has 0 radical (unpaired) electrons. The maximum absolute atomic E-state index is 11.5. The molecule has 0 spiro atoms. The largest absolute Gasteiger partial charge is 0.345 e. The van der Waals surface area contributed by atoms with Crippen molar-refractivity contribution < 1.29 is 4.79 Å². The summed E-state index contributed by atoms with van der Waals surface area (Å²) >= 11 is 0. The fourth-order valence-corrected chi connectivity index (χ4v) is 2.87. The molecule has 1 amide bonds. The van der Waals surface area contributed by atoms with Gasteiger partial charge < -0.3 is 9.88 Å². The van der Waals surface area contributed by atoms with Crippen molar-refractivity contribution in [2.75, 3.05) is 0 Å². The van der Waals surface area contributed by atoms with Crippen molar-refractivity contribution in [3.63, 3.8) is 0 Å². The summed E-state index contributed by atoms with van der Waals surface area (Å²) in [4.78, 5) is 16.2. The summed E-state index contributed by atoms with van der Waals surface area (Å²) < 4.78 is 2.16. The Kier molecular flexibility index (Phi) is 4.98. The van der Waals surface area contributed by atoms with Crippen LogP contribution in [0.1, 0.15) is 36.7 Å². The van der Waals surface area contributed by atoms with E-state index >= 15 is 0 Å². The van der Waals surface area contributed by atoms with Gasteiger partial charge in [0.2, 0.25) is 5.91 Å². The lowest BCUT2D eigenvalue weighted by atomic mass is 10.0. The molecular weight excluding hydrogens is 310 g/mol. The molecule has 128 valence electrons. The molecule has 25 heavy (non-hydrogen) atoms. The molecule has 0 fully saturated rings. The summed E-state index contributed by atoms with van der Waals surface area (Å²) in [6.45, 7) is 8.97. The van der Waals surface area contributed by atoms with Crippen LogP contribution in [0.5, 0.6) is 0 Å². The van der Waals surface area contributed by atoms with Gasteiger partial charge >= 0.3 is 0 Å². The van der Waals surface area contributed by atoms with Crippen molar-refractivity contribution in [1.29, 1.82) is 0 Å². The van der Waals surface area contributed by atoms with Crippen LogP contribution >= 0.6 is 0 Å². The van der Waals surface area contributed by atoms with Crippen LogP contribution in [0.4, 0.5) is 0 Å². The first-order chi connectivity index (χ1) is 12.1. The molecule has 3 aromatic rings. The molecule has 4 nitrogen and oxygen atoms in total. The van der Waals surface area contributed by atoms with Crippen molar-refractivity contribution in [1.82, 2.24) is 14.9 Å². The topological polar surface area (TPSA) is 46.9 Å². The van der Waals surface area contributed by atoms with Crippen LogP contribution in [0.25, 0.3) is 11.0 Å². The van der Waals surface area contributed by atoms with Crippen molar-refractivity contribution in [2.24, 2.45) is 0 Å². The number of imidazole rings is 1. The fraction of sp³-hybridized carbons (Fsp3) is 0.238. The SMILES string of the molecule is C=CC(=O)NCc1nc2ccccc2n1Cc1ccc(C(C)C)cc1. The van der Waals surface area contributed by atoms with E-state index in [0.717, 1.165) is 23.4 Å². The van der Waals surface area contributed by atoms with E-state index in [0.29, 0.717) is 12.5 Å². The van der Waals surface area contributed by atoms with Crippen LogP contribution in [0.2, 0.25) is 0 Å². The number of carbonyl (C=O) groups is 1. The smallest absolute Gasteiger partial charge is 0.243 e. The molecule has 0 bridgehead atoms. The second kappa shape index (κ2) is 7.34. The molecule has 0 aliphatic heterocycles. The Bertz CT molecular complexity index is 891. The number of hydrogen-bond donors (Lipinski definition) is 1. The minimum absolute atomic E-state index is 0.195. The van der Waals surface area contributed by atoms with E-state index in [4.69, 9.17) is 0 Å². The normalized spacial score (nSPS) is 11.0. The number of nitrogens with one attached hydrogen (secondary N) is 1. The Labute approximate surface area is 148 Å². The maximum Gasteiger partial charge on any atom is 0.243 e. The van der Waals surface area contributed by atoms with Crippen LogP contribution in [0.15, 0.2) is 61.2 Å². The lowest BCUT2D eigenvalue weighted by Crippen LogP contribution is -2.22. The third-order valence-corrected chi connectivity index (χ3v) is 4.33. The van der Waals surface area contributed by atoms with Crippen LogP contribution in [0.3, 0.4) is 0 Å². The molecule has 2 aromatic carbocycles. The zero-order valence-corrected chi connectivity index (χ0v) is 14.7. The van der Waals surface area contributed by atoms with Crippen molar-refractivity contribution in [3.05, 3.63) is 78.1 Å². The van der Waals surface area contributed by atoms with Gasteiger partial charge in [-0.25, -0.2) is 4.98 Å². The Morgan fingerprint density at radius 3 is 2.60 bits per heavy atom. The van der Waals surface area contributed by atoms with Crippen LogP contribution < -0.4 is 5.32 Å². The first-order valence-corrected chi connectivity index (χ1v) is 8.51. The van der Waals surface area contributed by atoms with Gasteiger partial charge in [-0.3, -0.25) is 4.79 Å². The van der Waals surface area contributed by atoms with E-state index in [1.807, 2.05) is 18.2 Å². The molecule has 4 heteroatoms. The molecule has 3 rings (SSSR count). The molecule has 1 aromatic heterocycles. The highest BCUT2D eigenvalue weighted by Gasteiger charge is 2.11. The number of aromatic nitrogens is 2. The summed E-state index contributed by atoms with van der Waals surface area (Å²) in [5.41, 5.74) is 4.55. The first-order valence-electron chi connectivity index (χ1n) is 8.51. The number of amides is 1. The van der Waals surface area contributed by atoms with Gasteiger partial charge in [-0.05, 0) is 35.3 Å². The molecule has 0 aliphatic rings. The van der Waals surface area contributed by atoms with Crippen LogP contribution in [-0.2, 0) is 17.9 Å². The summed E-state index contributed by atoms with van der Waals surface area (Å²) in [5.74, 6) is 1.16. The van der Waals surface area contributed by atoms with Crippen molar-refractivity contribution in [3.8, 4) is 0 Å². The summed E-state index contributed by atoms with van der Waals surface area (Å²) in [6.07, 6.45) is 1.28. The highest BCUT2D eigenvalue weighted by Crippen LogP contribution is 2.20. The van der Waals surface area contributed by atoms with Gasteiger partial charge in [-0.15, -0.1) is 0 Å². The quantitative estimate of drug-likeness (QED) is 0.693. The summed E-state index contributed by atoms with van der Waals surface area (Å²) in [7, 11) is 0. The zero-order valence-electron chi connectivity index (χ0n) is 14.7. The molecule has 0 saturated carbocycles. The van der Waals surface area contributed by atoms with Gasteiger partial charge in [0.05, 0.1) is 17.6 Å². The molecule has 1 heterocycles. The summed E-state index contributed by atoms with van der Waals surface area (Å²) in [6, 6.07) is 16.7. The van der Waals surface area contributed by atoms with Gasteiger partial charge in [0.25, 0.3) is 0 Å². The number of nitrogens with zero attached hydrogens (tertiary/aromatic N) is 2. The second-order valence-electron chi connectivity index (χ2n) is 6.42. The number of hydrogen-bond acceptors (Lipinski definition) is 2. The van der Waals surface area contributed by atoms with Gasteiger partial charge in [-0.2, -0.15) is 0 Å². The predicted octanol–water partition coefficient (Wildman–Crippen LogP) is 4.01. The van der Waals surface area contributed by atoms with Crippen molar-refractivity contribution in [2.45, 2.75) is 32.9 Å². The van der Waals surface area contributed by atoms with Gasteiger partial charge in [0.15, 0.2) is 0 Å². The average molecular weight is 333 g/mol. The molecule has 1 N–H and O–H groups in total. The number of benzene rings is 2. The lowest BCUT2D eigenvalue weighted by molar-refractivity contribution is -0.116. The van der Waals surface area contributed by atoms with E-state index in [-0.39, 0.29) is 5.91 Å². The van der Waals surface area contributed by atoms with Gasteiger partial charge in [0, 0.05) is 6.54 Å². The molecule has 0 atom stereocenters. The number of carbonyl (C=O) groups excluding carboxylic acids is 1. The molecule has 0 aliphatic carbocycles. The van der Waals surface area contributed by atoms with E-state index in [9.17, 15) is 4.79 Å². The highest BCUT2D eigenvalue weighted by atomic mass is 16.1. The summed E-state index contributed by atoms with van der Waals surface area (Å²) in [5, 5.41) is 2.82. The van der Waals surface area contributed by atoms with Crippen LogP contribution in [0, 0.1) is 0 Å². The predicted molar refractivity (Wildman–Crippen MR) is 101 cm³/mol. The highest BCUT2D eigenvalue weighted by molar-refractivity contribution is 5.86. The van der Waals surface area contributed by atoms with Crippen molar-refractivity contribution >= 4 is 16.9 Å². The number of para-hydroxylation sites is 2. The van der Waals surface area contributed by atoms with Gasteiger partial charge in [0.1, 0.15) is 5.82 Å². The van der Waals surface area contributed by atoms with E-state index in [1.165, 1.54) is 17.2 Å². The van der Waals surface area contributed by atoms with E-state index < -0.39 is 0 Å². The third kappa shape index (κ3) is 3.79. The lowest BCUT2D eigenvalue weighted by Gasteiger charge is -2.11. The Hall–Kier alpha value is -2.88. The maximum atomic E-state index is 11.5. The monoisotopic (exact) mass is 333 g/mol. The third-order valence-electron chi connectivity index (χ3n) is 4.33. The Morgan fingerprint density at radius 2 is 1.92 bits per heavy atom. The fourth-order valence-electron chi connectivity index (χ4n) is 2.87. The Morgan fingerprint density at radius 1 is 1.20 bits per heavy atom. The van der Waals surface area contributed by atoms with Gasteiger partial charge in [-0.1, -0.05) is 56.8 Å². The average Bonchev–Trinajstić information content (AvgIpc) is 2.98. The number of rotatable bonds is 6. The molecular formula is C21H23N3O. The van der Waals surface area contributed by atoms with E-state index in [2.05, 4.69) is 65.6 Å².